The van der Waals surface area contributed by atoms with Crippen molar-refractivity contribution >= 4 is 17.6 Å². The van der Waals surface area contributed by atoms with Crippen LogP contribution in [0, 0.1) is 5.82 Å². The van der Waals surface area contributed by atoms with Crippen molar-refractivity contribution in [1.29, 1.82) is 0 Å². The van der Waals surface area contributed by atoms with Crippen LogP contribution in [0.4, 0.5) is 14.9 Å². The molecule has 6 nitrogen and oxygen atoms in total. The molecule has 0 aliphatic carbocycles. The number of urea groups is 1. The molecular formula is C18H25FN4O2. The Morgan fingerprint density at radius 1 is 1.40 bits per heavy atom. The Morgan fingerprint density at radius 3 is 3.00 bits per heavy atom. The summed E-state index contributed by atoms with van der Waals surface area (Å²) in [6.07, 6.45) is 2.50. The largest absolute Gasteiger partial charge is 0.337 e. The molecule has 1 aromatic rings. The predicted octanol–water partition coefficient (Wildman–Crippen LogP) is 1.71. The highest BCUT2D eigenvalue weighted by Gasteiger charge is 2.32. The van der Waals surface area contributed by atoms with Gasteiger partial charge in [0, 0.05) is 31.2 Å². The van der Waals surface area contributed by atoms with Gasteiger partial charge in [-0.05, 0) is 44.1 Å². The first-order valence-corrected chi connectivity index (χ1v) is 8.91. The fourth-order valence-corrected chi connectivity index (χ4v) is 3.69. The Bertz CT molecular complexity index is 639. The number of likely N-dealkylation sites (tertiary alicyclic amines) is 1. The summed E-state index contributed by atoms with van der Waals surface area (Å²) < 4.78 is 13.3. The maximum Gasteiger partial charge on any atom is 0.315 e. The molecule has 2 fully saturated rings. The van der Waals surface area contributed by atoms with Gasteiger partial charge in [-0.15, -0.1) is 0 Å². The lowest BCUT2D eigenvalue weighted by atomic mass is 10.2. The van der Waals surface area contributed by atoms with Crippen LogP contribution in [0.15, 0.2) is 24.3 Å². The summed E-state index contributed by atoms with van der Waals surface area (Å²) in [6.45, 7) is 5.19. The quantitative estimate of drug-likeness (QED) is 0.852. The van der Waals surface area contributed by atoms with Gasteiger partial charge in [0.1, 0.15) is 5.82 Å². The van der Waals surface area contributed by atoms with Crippen LogP contribution in [-0.2, 0) is 4.79 Å². The molecular weight excluding hydrogens is 323 g/mol. The number of rotatable bonds is 5. The lowest BCUT2D eigenvalue weighted by molar-refractivity contribution is -0.117. The normalized spacial score (nSPS) is 23.9. The summed E-state index contributed by atoms with van der Waals surface area (Å²) in [5.74, 6) is -0.486. The molecule has 2 aliphatic rings. The smallest absolute Gasteiger partial charge is 0.315 e. The second-order valence-corrected chi connectivity index (χ2v) is 6.66. The van der Waals surface area contributed by atoms with E-state index in [1.54, 1.807) is 12.1 Å². The monoisotopic (exact) mass is 348 g/mol. The average Bonchev–Trinajstić information content (AvgIpc) is 3.19. The highest BCUT2D eigenvalue weighted by Crippen LogP contribution is 2.22. The van der Waals surface area contributed by atoms with E-state index in [-0.39, 0.29) is 30.2 Å². The first-order chi connectivity index (χ1) is 12.1. The van der Waals surface area contributed by atoms with Crippen LogP contribution in [0.1, 0.15) is 26.2 Å². The summed E-state index contributed by atoms with van der Waals surface area (Å²) >= 11 is 0. The lowest BCUT2D eigenvalue weighted by Gasteiger charge is -2.23. The van der Waals surface area contributed by atoms with Crippen molar-refractivity contribution in [3.8, 4) is 0 Å². The van der Waals surface area contributed by atoms with Gasteiger partial charge in [-0.1, -0.05) is 13.0 Å². The van der Waals surface area contributed by atoms with Gasteiger partial charge in [-0.3, -0.25) is 9.69 Å². The third-order valence-electron chi connectivity index (χ3n) is 4.98. The number of benzene rings is 1. The zero-order chi connectivity index (χ0) is 17.8. The first-order valence-electron chi connectivity index (χ1n) is 8.91. The zero-order valence-electron chi connectivity index (χ0n) is 14.5. The fourth-order valence-electron chi connectivity index (χ4n) is 3.69. The standard InChI is InChI=1S/C18H25FN4O2/c1-2-22-8-4-7-16(22)11-20-18(25)21-14-10-17(24)23(12-14)15-6-3-5-13(19)9-15/h3,5-6,9,14,16H,2,4,7-8,10-12H2,1H3,(H2,20,21,25)/t14-,16+/m1/s1. The molecule has 0 saturated carbocycles. The summed E-state index contributed by atoms with van der Waals surface area (Å²) in [5, 5.41) is 5.77. The van der Waals surface area contributed by atoms with Crippen LogP contribution in [0.25, 0.3) is 0 Å². The van der Waals surface area contributed by atoms with E-state index in [1.165, 1.54) is 23.5 Å². The van der Waals surface area contributed by atoms with Gasteiger partial charge in [-0.25, -0.2) is 9.18 Å². The number of halogens is 1. The fraction of sp³-hybridized carbons (Fsp3) is 0.556. The zero-order valence-corrected chi connectivity index (χ0v) is 14.5. The number of hydrogen-bond donors (Lipinski definition) is 2. The Balaban J connectivity index is 1.48. The number of hydrogen-bond acceptors (Lipinski definition) is 3. The van der Waals surface area contributed by atoms with E-state index in [1.807, 2.05) is 0 Å². The van der Waals surface area contributed by atoms with E-state index in [0.29, 0.717) is 24.8 Å². The average molecular weight is 348 g/mol. The Kier molecular flexibility index (Phi) is 5.53. The predicted molar refractivity (Wildman–Crippen MR) is 94.0 cm³/mol. The van der Waals surface area contributed by atoms with Gasteiger partial charge in [0.15, 0.2) is 0 Å². The Hall–Kier alpha value is -2.15. The van der Waals surface area contributed by atoms with Crippen LogP contribution in [0.2, 0.25) is 0 Å². The van der Waals surface area contributed by atoms with E-state index in [0.717, 1.165) is 19.5 Å². The minimum atomic E-state index is -0.378. The summed E-state index contributed by atoms with van der Waals surface area (Å²) in [5.41, 5.74) is 0.527. The van der Waals surface area contributed by atoms with Crippen LogP contribution in [0.3, 0.4) is 0 Å². The first kappa shape index (κ1) is 17.7. The molecule has 0 aromatic heterocycles. The molecule has 2 N–H and O–H groups in total. The molecule has 2 aliphatic heterocycles. The third kappa shape index (κ3) is 4.28. The molecule has 1 aromatic carbocycles. The van der Waals surface area contributed by atoms with Crippen molar-refractivity contribution in [2.24, 2.45) is 0 Å². The number of carbonyl (C=O) groups excluding carboxylic acids is 2. The number of likely N-dealkylation sites (N-methyl/N-ethyl adjacent to an activating group) is 1. The molecule has 25 heavy (non-hydrogen) atoms. The minimum absolute atomic E-state index is 0.108. The maximum absolute atomic E-state index is 13.3. The molecule has 0 unspecified atom stereocenters. The van der Waals surface area contributed by atoms with Crippen molar-refractivity contribution in [3.05, 3.63) is 30.1 Å². The number of nitrogens with one attached hydrogen (secondary N) is 2. The van der Waals surface area contributed by atoms with Gasteiger partial charge in [0.25, 0.3) is 0 Å². The Morgan fingerprint density at radius 2 is 2.24 bits per heavy atom. The summed E-state index contributed by atoms with van der Waals surface area (Å²) in [7, 11) is 0. The van der Waals surface area contributed by atoms with E-state index in [9.17, 15) is 14.0 Å². The van der Waals surface area contributed by atoms with Gasteiger partial charge < -0.3 is 15.5 Å². The van der Waals surface area contributed by atoms with Crippen molar-refractivity contribution < 1.29 is 14.0 Å². The van der Waals surface area contributed by atoms with Crippen molar-refractivity contribution in [2.75, 3.05) is 31.1 Å². The van der Waals surface area contributed by atoms with Crippen molar-refractivity contribution in [1.82, 2.24) is 15.5 Å². The molecule has 3 rings (SSSR count). The number of nitrogens with zero attached hydrogens (tertiary/aromatic N) is 2. The molecule has 2 heterocycles. The molecule has 0 radical (unpaired) electrons. The third-order valence-corrected chi connectivity index (χ3v) is 4.98. The van der Waals surface area contributed by atoms with Crippen LogP contribution >= 0.6 is 0 Å². The Labute approximate surface area is 147 Å². The second kappa shape index (κ2) is 7.82. The van der Waals surface area contributed by atoms with E-state index >= 15 is 0 Å². The van der Waals surface area contributed by atoms with E-state index in [2.05, 4.69) is 22.5 Å². The molecule has 7 heteroatoms. The topological polar surface area (TPSA) is 64.7 Å². The maximum atomic E-state index is 13.3. The highest BCUT2D eigenvalue weighted by atomic mass is 19.1. The molecule has 0 bridgehead atoms. The molecule has 2 atom stereocenters. The number of amides is 3. The van der Waals surface area contributed by atoms with Gasteiger partial charge >= 0.3 is 6.03 Å². The molecule has 136 valence electrons. The number of carbonyl (C=O) groups is 2. The van der Waals surface area contributed by atoms with E-state index in [4.69, 9.17) is 0 Å². The second-order valence-electron chi connectivity index (χ2n) is 6.66. The van der Waals surface area contributed by atoms with E-state index < -0.39 is 0 Å². The van der Waals surface area contributed by atoms with Crippen LogP contribution < -0.4 is 15.5 Å². The highest BCUT2D eigenvalue weighted by molar-refractivity contribution is 5.96. The molecule has 2 saturated heterocycles. The summed E-state index contributed by atoms with van der Waals surface area (Å²) in [4.78, 5) is 28.2. The van der Waals surface area contributed by atoms with Gasteiger partial charge in [0.05, 0.1) is 6.04 Å². The lowest BCUT2D eigenvalue weighted by Crippen LogP contribution is -2.47. The van der Waals surface area contributed by atoms with Gasteiger partial charge in [0.2, 0.25) is 5.91 Å². The molecule has 3 amide bonds. The molecule has 0 spiro atoms. The van der Waals surface area contributed by atoms with Crippen molar-refractivity contribution in [2.45, 2.75) is 38.3 Å². The van der Waals surface area contributed by atoms with Gasteiger partial charge in [-0.2, -0.15) is 0 Å². The van der Waals surface area contributed by atoms with Crippen LogP contribution in [-0.4, -0.2) is 55.1 Å². The summed E-state index contributed by atoms with van der Waals surface area (Å²) in [6, 6.07) is 5.83. The number of anilines is 1. The van der Waals surface area contributed by atoms with Crippen molar-refractivity contribution in [3.63, 3.8) is 0 Å². The SMILES string of the molecule is CCN1CCC[C@H]1CNC(=O)N[C@@H]1CC(=O)N(c2cccc(F)c2)C1. The minimum Gasteiger partial charge on any atom is -0.337 e. The van der Waals surface area contributed by atoms with Crippen LogP contribution in [0.5, 0.6) is 0 Å².